The number of hydrogen-bond acceptors (Lipinski definition) is 3. The first kappa shape index (κ1) is 11.7. The smallest absolute Gasteiger partial charge is 0.251 e. The monoisotopic (exact) mass is 244 g/mol. The van der Waals surface area contributed by atoms with Gasteiger partial charge in [0.2, 0.25) is 0 Å². The van der Waals surface area contributed by atoms with Gasteiger partial charge in [0.15, 0.2) is 0 Å². The molecular weight excluding hydrogens is 232 g/mol. The van der Waals surface area contributed by atoms with E-state index in [4.69, 9.17) is 0 Å². The molecule has 4 heteroatoms. The Morgan fingerprint density at radius 1 is 1.06 bits per heavy atom. The van der Waals surface area contributed by atoms with Gasteiger partial charge < -0.3 is 5.32 Å². The van der Waals surface area contributed by atoms with Crippen molar-refractivity contribution in [3.63, 3.8) is 0 Å². The van der Waals surface area contributed by atoms with E-state index in [-0.39, 0.29) is 5.91 Å². The minimum atomic E-state index is -0.0644. The lowest BCUT2D eigenvalue weighted by atomic mass is 10.2. The maximum Gasteiger partial charge on any atom is 0.251 e. The molecule has 0 aliphatic rings. The van der Waals surface area contributed by atoms with Gasteiger partial charge in [0, 0.05) is 34.8 Å². The lowest BCUT2D eigenvalue weighted by Gasteiger charge is -2.03. The van der Waals surface area contributed by atoms with Gasteiger partial charge in [-0.1, -0.05) is 11.8 Å². The molecular formula is C13H12N2OS. The second-order valence-corrected chi connectivity index (χ2v) is 4.54. The molecule has 0 bridgehead atoms. The van der Waals surface area contributed by atoms with Gasteiger partial charge in [0.25, 0.3) is 5.91 Å². The van der Waals surface area contributed by atoms with Crippen LogP contribution >= 0.6 is 11.8 Å². The van der Waals surface area contributed by atoms with E-state index < -0.39 is 0 Å². The summed E-state index contributed by atoms with van der Waals surface area (Å²) >= 11 is 1.64. The number of nitrogens with zero attached hydrogens (tertiary/aromatic N) is 1. The highest BCUT2D eigenvalue weighted by atomic mass is 32.2. The highest BCUT2D eigenvalue weighted by Gasteiger charge is 2.02. The van der Waals surface area contributed by atoms with Crippen molar-refractivity contribution >= 4 is 17.7 Å². The molecule has 1 aromatic heterocycles. The zero-order valence-electron chi connectivity index (χ0n) is 9.38. The number of carbonyl (C=O) groups is 1. The van der Waals surface area contributed by atoms with Gasteiger partial charge in [-0.15, -0.1) is 0 Å². The van der Waals surface area contributed by atoms with E-state index in [9.17, 15) is 4.79 Å². The number of benzene rings is 1. The molecule has 3 nitrogen and oxygen atoms in total. The third-order valence-corrected chi connectivity index (χ3v) is 3.24. The molecule has 0 radical (unpaired) electrons. The number of nitrogens with one attached hydrogen (secondary N) is 1. The van der Waals surface area contributed by atoms with E-state index in [0.717, 1.165) is 9.79 Å². The maximum absolute atomic E-state index is 11.4. The van der Waals surface area contributed by atoms with Crippen molar-refractivity contribution in [1.82, 2.24) is 10.3 Å². The van der Waals surface area contributed by atoms with E-state index in [1.165, 1.54) is 0 Å². The largest absolute Gasteiger partial charge is 0.355 e. The molecule has 0 atom stereocenters. The molecule has 1 heterocycles. The van der Waals surface area contributed by atoms with Crippen molar-refractivity contribution in [3.8, 4) is 0 Å². The fraction of sp³-hybridized carbons (Fsp3) is 0.0769. The third kappa shape index (κ3) is 3.07. The van der Waals surface area contributed by atoms with E-state index in [1.807, 2.05) is 36.4 Å². The fourth-order valence-electron chi connectivity index (χ4n) is 1.36. The summed E-state index contributed by atoms with van der Waals surface area (Å²) in [4.78, 5) is 17.6. The minimum absolute atomic E-state index is 0.0644. The van der Waals surface area contributed by atoms with Gasteiger partial charge in [-0.25, -0.2) is 0 Å². The Hall–Kier alpha value is -1.81. The van der Waals surface area contributed by atoms with Gasteiger partial charge in [-0.2, -0.15) is 0 Å². The van der Waals surface area contributed by atoms with Crippen molar-refractivity contribution < 1.29 is 4.79 Å². The van der Waals surface area contributed by atoms with Crippen LogP contribution in [0.4, 0.5) is 0 Å². The van der Waals surface area contributed by atoms with Gasteiger partial charge in [0.05, 0.1) is 0 Å². The molecule has 0 spiro atoms. The van der Waals surface area contributed by atoms with E-state index in [2.05, 4.69) is 10.3 Å². The van der Waals surface area contributed by atoms with E-state index in [0.29, 0.717) is 5.56 Å². The standard InChI is InChI=1S/C13H12N2OS/c1-14-13(16)10-2-4-11(5-3-10)17-12-6-8-15-9-7-12/h2-9H,1H3,(H,14,16). The Labute approximate surface area is 104 Å². The molecule has 17 heavy (non-hydrogen) atoms. The van der Waals surface area contributed by atoms with Crippen LogP contribution in [0.1, 0.15) is 10.4 Å². The molecule has 2 rings (SSSR count). The second kappa shape index (κ2) is 5.50. The first-order chi connectivity index (χ1) is 8.29. The van der Waals surface area contributed by atoms with Crippen LogP contribution < -0.4 is 5.32 Å². The number of amides is 1. The van der Waals surface area contributed by atoms with Crippen molar-refractivity contribution in [2.24, 2.45) is 0 Å². The summed E-state index contributed by atoms with van der Waals surface area (Å²) < 4.78 is 0. The van der Waals surface area contributed by atoms with E-state index in [1.54, 1.807) is 31.2 Å². The summed E-state index contributed by atoms with van der Waals surface area (Å²) in [7, 11) is 1.63. The van der Waals surface area contributed by atoms with Crippen LogP contribution in [0.3, 0.4) is 0 Å². The average molecular weight is 244 g/mol. The molecule has 0 aliphatic heterocycles. The van der Waals surface area contributed by atoms with Crippen molar-refractivity contribution in [2.45, 2.75) is 9.79 Å². The second-order valence-electron chi connectivity index (χ2n) is 3.39. The van der Waals surface area contributed by atoms with Crippen LogP contribution in [0.25, 0.3) is 0 Å². The van der Waals surface area contributed by atoms with Gasteiger partial charge in [-0.05, 0) is 36.4 Å². The van der Waals surface area contributed by atoms with Gasteiger partial charge >= 0.3 is 0 Å². The first-order valence-electron chi connectivity index (χ1n) is 5.19. The van der Waals surface area contributed by atoms with Gasteiger partial charge in [0.1, 0.15) is 0 Å². The fourth-order valence-corrected chi connectivity index (χ4v) is 2.16. The molecule has 1 aromatic carbocycles. The maximum atomic E-state index is 11.4. The number of pyridine rings is 1. The van der Waals surface area contributed by atoms with Crippen molar-refractivity contribution in [1.29, 1.82) is 0 Å². The molecule has 0 aliphatic carbocycles. The van der Waals surface area contributed by atoms with Crippen LogP contribution in [-0.4, -0.2) is 17.9 Å². The molecule has 0 saturated carbocycles. The summed E-state index contributed by atoms with van der Waals surface area (Å²) in [5, 5.41) is 2.60. The molecule has 86 valence electrons. The van der Waals surface area contributed by atoms with Crippen LogP contribution in [0.5, 0.6) is 0 Å². The highest BCUT2D eigenvalue weighted by molar-refractivity contribution is 7.99. The molecule has 1 amide bonds. The minimum Gasteiger partial charge on any atom is -0.355 e. The van der Waals surface area contributed by atoms with Crippen molar-refractivity contribution in [2.75, 3.05) is 7.05 Å². The number of rotatable bonds is 3. The zero-order chi connectivity index (χ0) is 12.1. The molecule has 0 saturated heterocycles. The van der Waals surface area contributed by atoms with Crippen LogP contribution in [0.2, 0.25) is 0 Å². The van der Waals surface area contributed by atoms with Gasteiger partial charge in [-0.3, -0.25) is 9.78 Å². The average Bonchev–Trinajstić information content (AvgIpc) is 2.40. The lowest BCUT2D eigenvalue weighted by molar-refractivity contribution is 0.0963. The van der Waals surface area contributed by atoms with E-state index >= 15 is 0 Å². The zero-order valence-corrected chi connectivity index (χ0v) is 10.2. The Kier molecular flexibility index (Phi) is 3.77. The quantitative estimate of drug-likeness (QED) is 0.902. The Bertz CT molecular complexity index is 497. The Balaban J connectivity index is 2.11. The topological polar surface area (TPSA) is 42.0 Å². The molecule has 2 aromatic rings. The number of aromatic nitrogens is 1. The molecule has 0 fully saturated rings. The molecule has 0 unspecified atom stereocenters. The van der Waals surface area contributed by atoms with Crippen molar-refractivity contribution in [3.05, 3.63) is 54.4 Å². The SMILES string of the molecule is CNC(=O)c1ccc(Sc2ccncc2)cc1. The lowest BCUT2D eigenvalue weighted by Crippen LogP contribution is -2.17. The van der Waals surface area contributed by atoms with Crippen LogP contribution in [0.15, 0.2) is 58.6 Å². The predicted octanol–water partition coefficient (Wildman–Crippen LogP) is 2.59. The summed E-state index contributed by atoms with van der Waals surface area (Å²) in [6, 6.07) is 11.4. The third-order valence-electron chi connectivity index (χ3n) is 2.23. The summed E-state index contributed by atoms with van der Waals surface area (Å²) in [5.74, 6) is -0.0644. The van der Waals surface area contributed by atoms with Crippen LogP contribution in [-0.2, 0) is 0 Å². The Morgan fingerprint density at radius 2 is 1.65 bits per heavy atom. The summed E-state index contributed by atoms with van der Waals surface area (Å²) in [6.45, 7) is 0. The van der Waals surface area contributed by atoms with Crippen LogP contribution in [0, 0.1) is 0 Å². The normalized spacial score (nSPS) is 9.94. The molecule has 1 N–H and O–H groups in total. The first-order valence-corrected chi connectivity index (χ1v) is 6.01. The predicted molar refractivity (Wildman–Crippen MR) is 68.2 cm³/mol. The Morgan fingerprint density at radius 3 is 2.24 bits per heavy atom. The summed E-state index contributed by atoms with van der Waals surface area (Å²) in [5.41, 5.74) is 0.673. The number of hydrogen-bond donors (Lipinski definition) is 1. The summed E-state index contributed by atoms with van der Waals surface area (Å²) in [6.07, 6.45) is 3.53. The number of carbonyl (C=O) groups excluding carboxylic acids is 1. The highest BCUT2D eigenvalue weighted by Crippen LogP contribution is 2.26.